The zero-order chi connectivity index (χ0) is 17.3. The van der Waals surface area contributed by atoms with E-state index in [2.05, 4.69) is 26.0 Å². The number of carbonyl (C=O) groups excluding carboxylic acids is 1. The molecule has 0 aliphatic heterocycles. The molecule has 130 valence electrons. The van der Waals surface area contributed by atoms with Crippen LogP contribution in [0.4, 0.5) is 0 Å². The summed E-state index contributed by atoms with van der Waals surface area (Å²) < 4.78 is 5.72. The van der Waals surface area contributed by atoms with Crippen molar-refractivity contribution in [1.82, 2.24) is 4.90 Å². The third kappa shape index (κ3) is 3.20. The topological polar surface area (TPSA) is 53.7 Å². The van der Waals surface area contributed by atoms with Crippen molar-refractivity contribution in [1.29, 1.82) is 0 Å². The van der Waals surface area contributed by atoms with Crippen molar-refractivity contribution in [2.75, 3.05) is 13.7 Å². The Labute approximate surface area is 143 Å². The zero-order valence-electron chi connectivity index (χ0n) is 14.8. The number of nitrogens with zero attached hydrogens (tertiary/aromatic N) is 1. The van der Waals surface area contributed by atoms with E-state index in [-0.39, 0.29) is 12.5 Å². The summed E-state index contributed by atoms with van der Waals surface area (Å²) in [4.78, 5) is 14.6. The van der Waals surface area contributed by atoms with Crippen LogP contribution in [0.5, 0.6) is 0 Å². The van der Waals surface area contributed by atoms with Crippen LogP contribution in [0.3, 0.4) is 0 Å². The summed E-state index contributed by atoms with van der Waals surface area (Å²) in [5.74, 6) is 0.553. The Morgan fingerprint density at radius 3 is 2.62 bits per heavy atom. The van der Waals surface area contributed by atoms with Crippen LogP contribution >= 0.6 is 0 Å². The first-order chi connectivity index (χ1) is 11.5. The van der Waals surface area contributed by atoms with Crippen LogP contribution in [0.25, 0.3) is 11.0 Å². The van der Waals surface area contributed by atoms with Gasteiger partial charge in [-0.05, 0) is 56.6 Å². The number of aryl methyl sites for hydroxylation is 2. The first-order valence-corrected chi connectivity index (χ1v) is 8.84. The number of aliphatic hydroxyl groups excluding tert-OH is 1. The summed E-state index contributed by atoms with van der Waals surface area (Å²) in [7, 11) is 1.91. The lowest BCUT2D eigenvalue weighted by Crippen LogP contribution is -2.40. The van der Waals surface area contributed by atoms with Gasteiger partial charge in [0.15, 0.2) is 0 Å². The van der Waals surface area contributed by atoms with Crippen LogP contribution in [0.2, 0.25) is 0 Å². The van der Waals surface area contributed by atoms with Crippen molar-refractivity contribution in [2.24, 2.45) is 5.92 Å². The van der Waals surface area contributed by atoms with Gasteiger partial charge in [0.2, 0.25) is 5.91 Å². The predicted octanol–water partition coefficient (Wildman–Crippen LogP) is 3.60. The molecule has 0 radical (unpaired) electrons. The molecule has 24 heavy (non-hydrogen) atoms. The van der Waals surface area contributed by atoms with E-state index in [1.165, 1.54) is 5.56 Å². The van der Waals surface area contributed by atoms with Gasteiger partial charge < -0.3 is 14.4 Å². The average molecular weight is 329 g/mol. The summed E-state index contributed by atoms with van der Waals surface area (Å²) in [6.45, 7) is 4.39. The van der Waals surface area contributed by atoms with E-state index in [9.17, 15) is 9.90 Å². The zero-order valence-corrected chi connectivity index (χ0v) is 14.8. The molecule has 0 saturated heterocycles. The highest BCUT2D eigenvalue weighted by molar-refractivity contribution is 5.89. The number of hydrogen-bond acceptors (Lipinski definition) is 3. The predicted molar refractivity (Wildman–Crippen MR) is 95.0 cm³/mol. The first-order valence-electron chi connectivity index (χ1n) is 8.84. The molecule has 0 bridgehead atoms. The molecule has 0 unspecified atom stereocenters. The van der Waals surface area contributed by atoms with E-state index in [0.29, 0.717) is 18.4 Å². The minimum atomic E-state index is 0.142. The van der Waals surface area contributed by atoms with E-state index in [4.69, 9.17) is 4.42 Å². The van der Waals surface area contributed by atoms with Crippen molar-refractivity contribution >= 4 is 16.9 Å². The van der Waals surface area contributed by atoms with Crippen LogP contribution in [0, 0.1) is 19.8 Å². The molecule has 4 heteroatoms. The van der Waals surface area contributed by atoms with Crippen LogP contribution in [0.1, 0.15) is 42.4 Å². The normalized spacial score (nSPS) is 21.2. The summed E-state index contributed by atoms with van der Waals surface area (Å²) in [6.07, 6.45) is 6.09. The Balaban J connectivity index is 1.70. The van der Waals surface area contributed by atoms with Crippen molar-refractivity contribution in [2.45, 2.75) is 52.0 Å². The number of fused-ring (bicyclic) bond motifs is 1. The number of likely N-dealkylation sites (N-methyl/N-ethyl adjacent to an activating group) is 1. The smallest absolute Gasteiger partial charge is 0.227 e. The van der Waals surface area contributed by atoms with E-state index >= 15 is 0 Å². The largest absolute Gasteiger partial charge is 0.464 e. The Kier molecular flexibility index (Phi) is 4.95. The second kappa shape index (κ2) is 6.98. The Morgan fingerprint density at radius 1 is 1.25 bits per heavy atom. The van der Waals surface area contributed by atoms with Crippen molar-refractivity contribution in [3.63, 3.8) is 0 Å². The fraction of sp³-hybridized carbons (Fsp3) is 0.550. The lowest BCUT2D eigenvalue weighted by atomic mass is 9.86. The Bertz CT molecular complexity index is 726. The highest BCUT2D eigenvalue weighted by Crippen LogP contribution is 2.29. The summed E-state index contributed by atoms with van der Waals surface area (Å²) in [5.41, 5.74) is 4.20. The van der Waals surface area contributed by atoms with Gasteiger partial charge in [-0.25, -0.2) is 0 Å². The quantitative estimate of drug-likeness (QED) is 0.932. The monoisotopic (exact) mass is 329 g/mol. The van der Waals surface area contributed by atoms with Gasteiger partial charge in [0.25, 0.3) is 0 Å². The average Bonchev–Trinajstić information content (AvgIpc) is 3.01. The van der Waals surface area contributed by atoms with Crippen LogP contribution in [0.15, 0.2) is 22.8 Å². The minimum Gasteiger partial charge on any atom is -0.464 e. The van der Waals surface area contributed by atoms with Crippen molar-refractivity contribution in [3.05, 3.63) is 35.1 Å². The van der Waals surface area contributed by atoms with Gasteiger partial charge in [0.05, 0.1) is 12.7 Å². The van der Waals surface area contributed by atoms with Gasteiger partial charge in [-0.15, -0.1) is 0 Å². The molecule has 1 saturated carbocycles. The van der Waals surface area contributed by atoms with Gasteiger partial charge in [0.1, 0.15) is 5.58 Å². The van der Waals surface area contributed by atoms with Crippen LogP contribution < -0.4 is 0 Å². The second-order valence-corrected chi connectivity index (χ2v) is 7.18. The van der Waals surface area contributed by atoms with E-state index in [1.807, 2.05) is 11.9 Å². The van der Waals surface area contributed by atoms with Gasteiger partial charge in [-0.2, -0.15) is 0 Å². The molecule has 1 aliphatic rings. The maximum Gasteiger partial charge on any atom is 0.227 e. The minimum absolute atomic E-state index is 0.142. The number of benzene rings is 1. The number of hydrogen-bond donors (Lipinski definition) is 1. The lowest BCUT2D eigenvalue weighted by Gasteiger charge is -2.34. The standard InChI is InChI=1S/C20H27NO3/c1-13-4-9-18-16(12-24-20(18)14(13)2)10-19(23)21(3)17-7-5-15(11-22)6-8-17/h4,9,12,15,17,22H,5-8,10-11H2,1-3H3. The molecule has 2 aromatic rings. The SMILES string of the molecule is Cc1ccc2c(CC(=O)N(C)C3CCC(CO)CC3)coc2c1C. The van der Waals surface area contributed by atoms with Crippen molar-refractivity contribution in [3.8, 4) is 0 Å². The number of furan rings is 1. The highest BCUT2D eigenvalue weighted by atomic mass is 16.3. The number of amides is 1. The molecule has 3 rings (SSSR count). The molecule has 1 aromatic carbocycles. The number of rotatable bonds is 4. The maximum atomic E-state index is 12.7. The molecule has 0 spiro atoms. The van der Waals surface area contributed by atoms with E-state index in [1.54, 1.807) is 6.26 Å². The molecule has 1 N–H and O–H groups in total. The molecular weight excluding hydrogens is 302 g/mol. The van der Waals surface area contributed by atoms with Gasteiger partial charge in [-0.3, -0.25) is 4.79 Å². The molecule has 1 heterocycles. The molecular formula is C20H27NO3. The molecule has 1 aliphatic carbocycles. The number of carbonyl (C=O) groups is 1. The first kappa shape index (κ1) is 17.0. The summed E-state index contributed by atoms with van der Waals surface area (Å²) in [5, 5.41) is 10.3. The van der Waals surface area contributed by atoms with Crippen molar-refractivity contribution < 1.29 is 14.3 Å². The molecule has 1 fully saturated rings. The molecule has 1 amide bonds. The summed E-state index contributed by atoms with van der Waals surface area (Å²) >= 11 is 0. The fourth-order valence-electron chi connectivity index (χ4n) is 3.73. The lowest BCUT2D eigenvalue weighted by molar-refractivity contribution is -0.132. The second-order valence-electron chi connectivity index (χ2n) is 7.18. The molecule has 4 nitrogen and oxygen atoms in total. The fourth-order valence-corrected chi connectivity index (χ4v) is 3.73. The molecule has 1 aromatic heterocycles. The number of aliphatic hydroxyl groups is 1. The van der Waals surface area contributed by atoms with Gasteiger partial charge in [0, 0.05) is 30.6 Å². The third-order valence-corrected chi connectivity index (χ3v) is 5.70. The van der Waals surface area contributed by atoms with E-state index in [0.717, 1.165) is 47.8 Å². The van der Waals surface area contributed by atoms with Crippen LogP contribution in [-0.2, 0) is 11.2 Å². The van der Waals surface area contributed by atoms with E-state index < -0.39 is 0 Å². The van der Waals surface area contributed by atoms with Crippen LogP contribution in [-0.4, -0.2) is 35.6 Å². The van der Waals surface area contributed by atoms with Gasteiger partial charge in [-0.1, -0.05) is 12.1 Å². The summed E-state index contributed by atoms with van der Waals surface area (Å²) in [6, 6.07) is 4.43. The third-order valence-electron chi connectivity index (χ3n) is 5.70. The molecule has 0 atom stereocenters. The Hall–Kier alpha value is -1.81. The Morgan fingerprint density at radius 2 is 1.96 bits per heavy atom. The highest BCUT2D eigenvalue weighted by Gasteiger charge is 2.26. The van der Waals surface area contributed by atoms with Gasteiger partial charge >= 0.3 is 0 Å². The maximum absolute atomic E-state index is 12.7.